The summed E-state index contributed by atoms with van der Waals surface area (Å²) in [5.41, 5.74) is 5.82. The molecule has 1 atom stereocenters. The maximum absolute atomic E-state index is 12.1. The van der Waals surface area contributed by atoms with Crippen LogP contribution in [0.25, 0.3) is 0 Å². The fourth-order valence-corrected chi connectivity index (χ4v) is 2.92. The SMILES string of the molecule is CC.CC1/C(=N/NC2CC2)C(=N)c2ccnc(NC(=O)C3CC3)c2N1C. The van der Waals surface area contributed by atoms with Crippen molar-refractivity contribution in [1.29, 1.82) is 5.41 Å². The van der Waals surface area contributed by atoms with Crippen LogP contribution >= 0.6 is 0 Å². The molecule has 4 rings (SSSR count). The fraction of sp³-hybridized carbons (Fsp3) is 0.579. The molecule has 0 spiro atoms. The minimum Gasteiger partial charge on any atom is -0.363 e. The standard InChI is InChI=1S/C17H22N6O.C2H6/c1-9-14(22-21-11-5-6-11)13(18)12-7-8-19-16(15(12)23(9)2)20-17(24)10-3-4-10;1-2/h7-11,18,21H,3-6H2,1-2H3,(H,19,20,24);1-2H3/b18-13?,22-14-;. The van der Waals surface area contributed by atoms with E-state index in [0.717, 1.165) is 42.6 Å². The lowest BCUT2D eigenvalue weighted by Gasteiger charge is -2.36. The third kappa shape index (κ3) is 3.57. The molecule has 1 aromatic rings. The molecule has 1 aliphatic heterocycles. The first-order valence-electron chi connectivity index (χ1n) is 9.51. The van der Waals surface area contributed by atoms with E-state index < -0.39 is 0 Å². The van der Waals surface area contributed by atoms with Gasteiger partial charge in [0.15, 0.2) is 5.82 Å². The number of aromatic nitrogens is 1. The van der Waals surface area contributed by atoms with Gasteiger partial charge in [0.1, 0.15) is 5.71 Å². The number of hydrogen-bond donors (Lipinski definition) is 3. The van der Waals surface area contributed by atoms with Crippen molar-refractivity contribution in [2.24, 2.45) is 11.0 Å². The first-order chi connectivity index (χ1) is 12.6. The number of hydrazone groups is 1. The van der Waals surface area contributed by atoms with Crippen LogP contribution < -0.4 is 15.6 Å². The van der Waals surface area contributed by atoms with Gasteiger partial charge in [0.2, 0.25) is 5.91 Å². The Labute approximate surface area is 154 Å². The highest BCUT2D eigenvalue weighted by atomic mass is 16.2. The van der Waals surface area contributed by atoms with Crippen molar-refractivity contribution in [1.82, 2.24) is 10.4 Å². The van der Waals surface area contributed by atoms with Crippen molar-refractivity contribution >= 4 is 28.8 Å². The Kier molecular flexibility index (Phi) is 5.25. The van der Waals surface area contributed by atoms with Crippen LogP contribution in [0.3, 0.4) is 0 Å². The molecule has 1 unspecified atom stereocenters. The van der Waals surface area contributed by atoms with Crippen LogP contribution in [0, 0.1) is 11.3 Å². The predicted octanol–water partition coefficient (Wildman–Crippen LogP) is 2.77. The van der Waals surface area contributed by atoms with E-state index in [4.69, 9.17) is 5.41 Å². The van der Waals surface area contributed by atoms with Gasteiger partial charge in [-0.2, -0.15) is 5.10 Å². The molecule has 0 aromatic carbocycles. The minimum atomic E-state index is -0.0583. The normalized spacial score (nSPS) is 23.1. The number of anilines is 2. The maximum Gasteiger partial charge on any atom is 0.228 e. The summed E-state index contributed by atoms with van der Waals surface area (Å²) < 4.78 is 0. The zero-order chi connectivity index (χ0) is 18.8. The van der Waals surface area contributed by atoms with Crippen molar-refractivity contribution in [3.63, 3.8) is 0 Å². The second-order valence-corrected chi connectivity index (χ2v) is 6.88. The first kappa shape index (κ1) is 18.4. The first-order valence-corrected chi connectivity index (χ1v) is 9.51. The molecule has 0 saturated heterocycles. The molecule has 1 aromatic heterocycles. The average Bonchev–Trinajstić information content (AvgIpc) is 3.54. The summed E-state index contributed by atoms with van der Waals surface area (Å²) in [5, 5.41) is 16.0. The van der Waals surface area contributed by atoms with Gasteiger partial charge in [-0.05, 0) is 38.7 Å². The number of rotatable bonds is 4. The van der Waals surface area contributed by atoms with Gasteiger partial charge in [0.25, 0.3) is 0 Å². The molecule has 26 heavy (non-hydrogen) atoms. The van der Waals surface area contributed by atoms with Crippen LogP contribution in [-0.4, -0.2) is 41.4 Å². The zero-order valence-corrected chi connectivity index (χ0v) is 16.0. The topological polar surface area (TPSA) is 93.5 Å². The highest BCUT2D eigenvalue weighted by Crippen LogP contribution is 2.36. The highest BCUT2D eigenvalue weighted by Gasteiger charge is 2.35. The van der Waals surface area contributed by atoms with Gasteiger partial charge in [0.05, 0.1) is 17.4 Å². The summed E-state index contributed by atoms with van der Waals surface area (Å²) in [7, 11) is 1.96. The van der Waals surface area contributed by atoms with Crippen molar-refractivity contribution < 1.29 is 4.79 Å². The second kappa shape index (κ2) is 7.43. The average molecular weight is 356 g/mol. The van der Waals surface area contributed by atoms with Gasteiger partial charge in [-0.15, -0.1) is 0 Å². The number of nitrogens with zero attached hydrogens (tertiary/aromatic N) is 3. The third-order valence-corrected chi connectivity index (χ3v) is 4.91. The summed E-state index contributed by atoms with van der Waals surface area (Å²) in [5.74, 6) is 0.685. The third-order valence-electron chi connectivity index (χ3n) is 4.91. The molecule has 2 fully saturated rings. The largest absolute Gasteiger partial charge is 0.363 e. The summed E-state index contributed by atoms with van der Waals surface area (Å²) in [4.78, 5) is 18.5. The molecular weight excluding hydrogens is 328 g/mol. The molecule has 2 saturated carbocycles. The van der Waals surface area contributed by atoms with E-state index in [1.54, 1.807) is 6.20 Å². The number of carbonyl (C=O) groups is 1. The molecule has 2 aliphatic carbocycles. The second-order valence-electron chi connectivity index (χ2n) is 6.88. The Morgan fingerprint density at radius 2 is 2.00 bits per heavy atom. The van der Waals surface area contributed by atoms with Crippen LogP contribution in [0.15, 0.2) is 17.4 Å². The van der Waals surface area contributed by atoms with Crippen molar-refractivity contribution in [2.45, 2.75) is 58.5 Å². The van der Waals surface area contributed by atoms with Gasteiger partial charge in [-0.1, -0.05) is 13.8 Å². The van der Waals surface area contributed by atoms with Gasteiger partial charge < -0.3 is 15.6 Å². The Morgan fingerprint density at radius 3 is 2.62 bits per heavy atom. The lowest BCUT2D eigenvalue weighted by atomic mass is 9.94. The Hall–Kier alpha value is -2.44. The minimum absolute atomic E-state index is 0.0262. The van der Waals surface area contributed by atoms with E-state index in [9.17, 15) is 4.79 Å². The summed E-state index contributed by atoms with van der Waals surface area (Å²) in [6.45, 7) is 6.02. The molecule has 3 N–H and O–H groups in total. The van der Waals surface area contributed by atoms with Gasteiger partial charge >= 0.3 is 0 Å². The molecule has 3 aliphatic rings. The lowest BCUT2D eigenvalue weighted by molar-refractivity contribution is -0.117. The Morgan fingerprint density at radius 1 is 1.31 bits per heavy atom. The van der Waals surface area contributed by atoms with E-state index in [-0.39, 0.29) is 17.9 Å². The summed E-state index contributed by atoms with van der Waals surface area (Å²) >= 11 is 0. The molecular formula is C19H28N6O. The molecule has 1 amide bonds. The highest BCUT2D eigenvalue weighted by molar-refractivity contribution is 6.51. The van der Waals surface area contributed by atoms with Gasteiger partial charge in [-0.25, -0.2) is 4.98 Å². The van der Waals surface area contributed by atoms with Crippen LogP contribution in [-0.2, 0) is 4.79 Å². The van der Waals surface area contributed by atoms with E-state index >= 15 is 0 Å². The Bertz CT molecular complexity index is 736. The molecule has 7 nitrogen and oxygen atoms in total. The summed E-state index contributed by atoms with van der Waals surface area (Å²) in [6, 6.07) is 2.21. The molecule has 0 bridgehead atoms. The maximum atomic E-state index is 12.1. The van der Waals surface area contributed by atoms with Crippen molar-refractivity contribution in [2.75, 3.05) is 17.3 Å². The van der Waals surface area contributed by atoms with Crippen molar-refractivity contribution in [3.05, 3.63) is 17.8 Å². The van der Waals surface area contributed by atoms with E-state index in [2.05, 4.69) is 20.8 Å². The number of pyridine rings is 1. The predicted molar refractivity (Wildman–Crippen MR) is 105 cm³/mol. The van der Waals surface area contributed by atoms with Gasteiger partial charge in [-0.3, -0.25) is 10.2 Å². The van der Waals surface area contributed by atoms with Crippen molar-refractivity contribution in [3.8, 4) is 0 Å². The number of carbonyl (C=O) groups excluding carboxylic acids is 1. The summed E-state index contributed by atoms with van der Waals surface area (Å²) in [6.07, 6.45) is 5.84. The van der Waals surface area contributed by atoms with Gasteiger partial charge in [0, 0.05) is 30.8 Å². The van der Waals surface area contributed by atoms with E-state index in [0.29, 0.717) is 17.6 Å². The molecule has 7 heteroatoms. The quantitative estimate of drug-likeness (QED) is 0.723. The molecule has 2 heterocycles. The lowest BCUT2D eigenvalue weighted by Crippen LogP contribution is -2.46. The number of nitrogens with one attached hydrogen (secondary N) is 3. The van der Waals surface area contributed by atoms with E-state index in [1.165, 1.54) is 0 Å². The number of hydrogen-bond acceptors (Lipinski definition) is 6. The smallest absolute Gasteiger partial charge is 0.228 e. The molecule has 140 valence electrons. The zero-order valence-electron chi connectivity index (χ0n) is 16.0. The van der Waals surface area contributed by atoms with Crippen LogP contribution in [0.4, 0.5) is 11.5 Å². The van der Waals surface area contributed by atoms with E-state index in [1.807, 2.05) is 38.8 Å². The monoisotopic (exact) mass is 356 g/mol. The van der Waals surface area contributed by atoms with Crippen LogP contribution in [0.1, 0.15) is 52.0 Å². The number of amides is 1. The fourth-order valence-electron chi connectivity index (χ4n) is 2.92. The molecule has 0 radical (unpaired) electrons. The van der Waals surface area contributed by atoms with Crippen LogP contribution in [0.5, 0.6) is 0 Å². The van der Waals surface area contributed by atoms with Crippen LogP contribution in [0.2, 0.25) is 0 Å². The number of fused-ring (bicyclic) bond motifs is 1. The Balaban J connectivity index is 0.000000948.